The van der Waals surface area contributed by atoms with E-state index in [0.717, 1.165) is 44.2 Å². The summed E-state index contributed by atoms with van der Waals surface area (Å²) in [5.41, 5.74) is 3.74. The number of benzene rings is 2. The third-order valence-electron chi connectivity index (χ3n) is 4.71. The van der Waals surface area contributed by atoms with Crippen LogP contribution in [-0.2, 0) is 11.2 Å². The summed E-state index contributed by atoms with van der Waals surface area (Å²) < 4.78 is 5.72. The zero-order valence-electron chi connectivity index (χ0n) is 17.0. The molecule has 1 aliphatic heterocycles. The van der Waals surface area contributed by atoms with Gasteiger partial charge in [-0.05, 0) is 37.6 Å². The van der Waals surface area contributed by atoms with Crippen LogP contribution in [0.4, 0.5) is 5.69 Å². The van der Waals surface area contributed by atoms with Gasteiger partial charge in [-0.25, -0.2) is 9.98 Å². The number of hydrogen-bond donors (Lipinski definition) is 0. The molecule has 7 heteroatoms. The lowest BCUT2D eigenvalue weighted by Crippen LogP contribution is -2.33. The normalized spacial score (nSPS) is 15.0. The van der Waals surface area contributed by atoms with Crippen molar-refractivity contribution in [1.29, 1.82) is 0 Å². The molecule has 2 heterocycles. The van der Waals surface area contributed by atoms with Crippen LogP contribution in [0.2, 0.25) is 0 Å². The third kappa shape index (κ3) is 4.57. The second-order valence-electron chi connectivity index (χ2n) is 6.82. The minimum Gasteiger partial charge on any atom is -0.493 e. The van der Waals surface area contributed by atoms with Gasteiger partial charge < -0.3 is 4.74 Å². The SMILES string of the molecule is CCOc1ccccc1-c1nc(CC(=O)N2CCSC2=Nc2ccccc2C)cs1. The molecular weight excluding hydrogens is 414 g/mol. The van der Waals surface area contributed by atoms with Crippen molar-refractivity contribution in [2.24, 2.45) is 4.99 Å². The first-order valence-corrected chi connectivity index (χ1v) is 11.8. The van der Waals surface area contributed by atoms with E-state index < -0.39 is 0 Å². The number of amides is 1. The molecular formula is C23H23N3O2S2. The van der Waals surface area contributed by atoms with Crippen LogP contribution in [-0.4, -0.2) is 39.9 Å². The number of aliphatic imine (C=N–C) groups is 1. The van der Waals surface area contributed by atoms with Crippen molar-refractivity contribution in [3.63, 3.8) is 0 Å². The van der Waals surface area contributed by atoms with E-state index in [1.54, 1.807) is 16.7 Å². The number of nitrogens with zero attached hydrogens (tertiary/aromatic N) is 3. The van der Waals surface area contributed by atoms with Gasteiger partial charge in [-0.3, -0.25) is 9.69 Å². The fourth-order valence-corrected chi connectivity index (χ4v) is 5.02. The number of thioether (sulfide) groups is 1. The molecule has 0 radical (unpaired) electrons. The highest BCUT2D eigenvalue weighted by Gasteiger charge is 2.26. The fraction of sp³-hybridized carbons (Fsp3) is 0.261. The Balaban J connectivity index is 1.50. The van der Waals surface area contributed by atoms with E-state index in [2.05, 4.69) is 0 Å². The quantitative estimate of drug-likeness (QED) is 0.523. The molecule has 1 aromatic heterocycles. The highest BCUT2D eigenvalue weighted by Crippen LogP contribution is 2.32. The molecule has 0 N–H and O–H groups in total. The van der Waals surface area contributed by atoms with E-state index in [1.807, 2.05) is 67.8 Å². The standard InChI is InChI=1S/C23H23N3O2S2/c1-3-28-20-11-7-5-9-18(20)22-24-17(15-30-22)14-21(27)26-12-13-29-23(26)25-19-10-6-4-8-16(19)2/h4-11,15H,3,12-14H2,1-2H3. The van der Waals surface area contributed by atoms with Gasteiger partial charge in [-0.2, -0.15) is 0 Å². The van der Waals surface area contributed by atoms with Gasteiger partial charge in [-0.1, -0.05) is 42.1 Å². The van der Waals surface area contributed by atoms with Crippen LogP contribution in [0, 0.1) is 6.92 Å². The summed E-state index contributed by atoms with van der Waals surface area (Å²) in [5.74, 6) is 1.71. The molecule has 5 nitrogen and oxygen atoms in total. The molecule has 0 spiro atoms. The second kappa shape index (κ2) is 9.45. The molecule has 1 saturated heterocycles. The van der Waals surface area contributed by atoms with Crippen LogP contribution in [0.15, 0.2) is 58.9 Å². The highest BCUT2D eigenvalue weighted by atomic mass is 32.2. The smallest absolute Gasteiger partial charge is 0.234 e. The number of amidine groups is 1. The van der Waals surface area contributed by atoms with Crippen molar-refractivity contribution in [1.82, 2.24) is 9.88 Å². The Morgan fingerprint density at radius 1 is 1.20 bits per heavy atom. The molecule has 2 aromatic carbocycles. The number of aryl methyl sites for hydroxylation is 1. The zero-order valence-corrected chi connectivity index (χ0v) is 18.6. The van der Waals surface area contributed by atoms with Crippen molar-refractivity contribution in [2.75, 3.05) is 18.9 Å². The lowest BCUT2D eigenvalue weighted by Gasteiger charge is -2.15. The first-order chi connectivity index (χ1) is 14.7. The van der Waals surface area contributed by atoms with Gasteiger partial charge in [0.1, 0.15) is 10.8 Å². The van der Waals surface area contributed by atoms with Crippen LogP contribution < -0.4 is 4.74 Å². The van der Waals surface area contributed by atoms with Gasteiger partial charge in [0.25, 0.3) is 0 Å². The van der Waals surface area contributed by atoms with Crippen LogP contribution in [0.5, 0.6) is 5.75 Å². The Morgan fingerprint density at radius 3 is 2.83 bits per heavy atom. The van der Waals surface area contributed by atoms with Gasteiger partial charge in [-0.15, -0.1) is 11.3 Å². The summed E-state index contributed by atoms with van der Waals surface area (Å²) in [6, 6.07) is 15.8. The Kier molecular flexibility index (Phi) is 6.50. The maximum atomic E-state index is 13.0. The molecule has 4 rings (SSSR count). The summed E-state index contributed by atoms with van der Waals surface area (Å²) in [4.78, 5) is 24.2. The minimum atomic E-state index is 0.0299. The lowest BCUT2D eigenvalue weighted by atomic mass is 10.2. The Hall–Kier alpha value is -2.64. The third-order valence-corrected chi connectivity index (χ3v) is 6.59. The van der Waals surface area contributed by atoms with Gasteiger partial charge in [0, 0.05) is 17.7 Å². The average Bonchev–Trinajstić information content (AvgIpc) is 3.40. The highest BCUT2D eigenvalue weighted by molar-refractivity contribution is 8.14. The number of para-hydroxylation sites is 2. The molecule has 3 aromatic rings. The van der Waals surface area contributed by atoms with Crippen LogP contribution in [0.3, 0.4) is 0 Å². The first-order valence-electron chi connectivity index (χ1n) is 9.90. The Bertz CT molecular complexity index is 1080. The monoisotopic (exact) mass is 437 g/mol. The van der Waals surface area contributed by atoms with Gasteiger partial charge in [0.2, 0.25) is 5.91 Å². The number of carbonyl (C=O) groups excluding carboxylic acids is 1. The summed E-state index contributed by atoms with van der Waals surface area (Å²) in [7, 11) is 0. The van der Waals surface area contributed by atoms with Gasteiger partial charge in [0.15, 0.2) is 5.17 Å². The molecule has 154 valence electrons. The number of carbonyl (C=O) groups is 1. The first kappa shape index (κ1) is 20.6. The Labute approximate surface area is 184 Å². The molecule has 0 atom stereocenters. The molecule has 1 aliphatic rings. The summed E-state index contributed by atoms with van der Waals surface area (Å²) in [6.45, 7) is 5.27. The summed E-state index contributed by atoms with van der Waals surface area (Å²) in [5, 5.41) is 3.59. The maximum absolute atomic E-state index is 13.0. The molecule has 1 fully saturated rings. The topological polar surface area (TPSA) is 54.8 Å². The lowest BCUT2D eigenvalue weighted by molar-refractivity contribution is -0.126. The number of rotatable bonds is 6. The largest absolute Gasteiger partial charge is 0.493 e. The summed E-state index contributed by atoms with van der Waals surface area (Å²) in [6.07, 6.45) is 0.265. The molecule has 0 aliphatic carbocycles. The predicted molar refractivity (Wildman–Crippen MR) is 125 cm³/mol. The van der Waals surface area contributed by atoms with E-state index in [4.69, 9.17) is 14.7 Å². The second-order valence-corrected chi connectivity index (χ2v) is 8.74. The molecule has 30 heavy (non-hydrogen) atoms. The molecule has 0 bridgehead atoms. The molecule has 0 unspecified atom stereocenters. The van der Waals surface area contributed by atoms with Crippen molar-refractivity contribution in [3.8, 4) is 16.3 Å². The fourth-order valence-electron chi connectivity index (χ4n) is 3.20. The minimum absolute atomic E-state index is 0.0299. The zero-order chi connectivity index (χ0) is 20.9. The molecule has 1 amide bonds. The van der Waals surface area contributed by atoms with Crippen molar-refractivity contribution >= 4 is 39.9 Å². The van der Waals surface area contributed by atoms with Gasteiger partial charge in [0.05, 0.1) is 30.0 Å². The number of aromatic nitrogens is 1. The van der Waals surface area contributed by atoms with Gasteiger partial charge >= 0.3 is 0 Å². The van der Waals surface area contributed by atoms with Crippen LogP contribution in [0.1, 0.15) is 18.2 Å². The van der Waals surface area contributed by atoms with Crippen molar-refractivity contribution in [3.05, 3.63) is 65.2 Å². The van der Waals surface area contributed by atoms with Crippen LogP contribution >= 0.6 is 23.1 Å². The van der Waals surface area contributed by atoms with E-state index in [0.29, 0.717) is 13.2 Å². The predicted octanol–water partition coefficient (Wildman–Crippen LogP) is 5.32. The van der Waals surface area contributed by atoms with Crippen molar-refractivity contribution < 1.29 is 9.53 Å². The number of thiazole rings is 1. The van der Waals surface area contributed by atoms with Crippen molar-refractivity contribution in [2.45, 2.75) is 20.3 Å². The Morgan fingerprint density at radius 2 is 2.00 bits per heavy atom. The van der Waals surface area contributed by atoms with E-state index in [1.165, 1.54) is 11.3 Å². The summed E-state index contributed by atoms with van der Waals surface area (Å²) >= 11 is 3.16. The van der Waals surface area contributed by atoms with E-state index in [-0.39, 0.29) is 12.3 Å². The number of hydrogen-bond acceptors (Lipinski definition) is 6. The number of ether oxygens (including phenoxy) is 1. The van der Waals surface area contributed by atoms with Crippen LogP contribution in [0.25, 0.3) is 10.6 Å². The molecule has 0 saturated carbocycles. The van der Waals surface area contributed by atoms with E-state index in [9.17, 15) is 4.79 Å². The van der Waals surface area contributed by atoms with E-state index >= 15 is 0 Å². The maximum Gasteiger partial charge on any atom is 0.234 e. The average molecular weight is 438 g/mol.